The van der Waals surface area contributed by atoms with Crippen molar-refractivity contribution in [3.63, 3.8) is 0 Å². The summed E-state index contributed by atoms with van der Waals surface area (Å²) in [4.78, 5) is 9.26. The summed E-state index contributed by atoms with van der Waals surface area (Å²) in [7, 11) is -3.58. The number of benzene rings is 2. The molecule has 0 spiro atoms. The molecule has 1 fully saturated rings. The van der Waals surface area contributed by atoms with Gasteiger partial charge < -0.3 is 4.90 Å². The molecular weight excluding hydrogens is 408 g/mol. The van der Waals surface area contributed by atoms with E-state index >= 15 is 0 Å². The molecule has 0 aliphatic carbocycles. The predicted molar refractivity (Wildman–Crippen MR) is 124 cm³/mol. The third-order valence-electron chi connectivity index (χ3n) is 5.74. The van der Waals surface area contributed by atoms with Crippen LogP contribution in [0.15, 0.2) is 84.0 Å². The van der Waals surface area contributed by atoms with Crippen LogP contribution in [0.2, 0.25) is 0 Å². The molecule has 6 nitrogen and oxygen atoms in total. The number of nitrogens with zero attached hydrogens (tertiary/aromatic N) is 3. The number of hydrogen-bond acceptors (Lipinski definition) is 5. The van der Waals surface area contributed by atoms with Crippen molar-refractivity contribution in [2.24, 2.45) is 0 Å². The summed E-state index contributed by atoms with van der Waals surface area (Å²) in [6.45, 7) is 5.73. The highest BCUT2D eigenvalue weighted by Gasteiger charge is 2.27. The molecule has 1 aliphatic heterocycles. The minimum absolute atomic E-state index is 0.0770. The van der Waals surface area contributed by atoms with Crippen LogP contribution in [0, 0.1) is 6.92 Å². The van der Waals surface area contributed by atoms with E-state index in [9.17, 15) is 8.42 Å². The van der Waals surface area contributed by atoms with Gasteiger partial charge in [0.2, 0.25) is 10.0 Å². The maximum Gasteiger partial charge on any atom is 0.240 e. The average molecular weight is 437 g/mol. The Morgan fingerprint density at radius 3 is 2.29 bits per heavy atom. The Balaban J connectivity index is 1.47. The number of piperazine rings is 1. The second-order valence-electron chi connectivity index (χ2n) is 7.83. The van der Waals surface area contributed by atoms with Crippen molar-refractivity contribution in [2.75, 3.05) is 37.6 Å². The number of sulfonamides is 1. The molecule has 7 heteroatoms. The minimum atomic E-state index is -3.58. The Morgan fingerprint density at radius 2 is 1.65 bits per heavy atom. The van der Waals surface area contributed by atoms with Crippen molar-refractivity contribution in [3.05, 3.63) is 90.3 Å². The number of nitrogens with one attached hydrogen (secondary N) is 1. The lowest BCUT2D eigenvalue weighted by molar-refractivity contribution is 0.186. The first-order chi connectivity index (χ1) is 15.0. The highest BCUT2D eigenvalue weighted by atomic mass is 32.2. The molecule has 1 saturated heterocycles. The highest BCUT2D eigenvalue weighted by Crippen LogP contribution is 2.24. The smallest absolute Gasteiger partial charge is 0.240 e. The molecule has 0 bridgehead atoms. The molecule has 2 heterocycles. The number of aryl methyl sites for hydroxylation is 1. The van der Waals surface area contributed by atoms with Crippen LogP contribution in [-0.4, -0.2) is 51.0 Å². The average Bonchev–Trinajstić information content (AvgIpc) is 2.81. The van der Waals surface area contributed by atoms with Crippen LogP contribution in [0.25, 0.3) is 0 Å². The predicted octanol–water partition coefficient (Wildman–Crippen LogP) is 3.23. The maximum absolute atomic E-state index is 12.8. The van der Waals surface area contributed by atoms with Crippen LogP contribution < -0.4 is 9.62 Å². The highest BCUT2D eigenvalue weighted by molar-refractivity contribution is 7.89. The minimum Gasteiger partial charge on any atom is -0.369 e. The van der Waals surface area contributed by atoms with E-state index < -0.39 is 10.0 Å². The van der Waals surface area contributed by atoms with Gasteiger partial charge in [-0.1, -0.05) is 42.0 Å². The van der Waals surface area contributed by atoms with Crippen molar-refractivity contribution in [1.82, 2.24) is 14.6 Å². The van der Waals surface area contributed by atoms with Gasteiger partial charge in [-0.15, -0.1) is 0 Å². The lowest BCUT2D eigenvalue weighted by Gasteiger charge is -2.40. The van der Waals surface area contributed by atoms with Gasteiger partial charge in [0, 0.05) is 50.8 Å². The molecule has 0 radical (unpaired) electrons. The van der Waals surface area contributed by atoms with E-state index in [1.807, 2.05) is 43.5 Å². The van der Waals surface area contributed by atoms with Gasteiger partial charge in [0.05, 0.1) is 10.9 Å². The number of rotatable bonds is 7. The van der Waals surface area contributed by atoms with Crippen LogP contribution in [0.5, 0.6) is 0 Å². The monoisotopic (exact) mass is 436 g/mol. The Hall–Kier alpha value is -2.74. The van der Waals surface area contributed by atoms with Gasteiger partial charge in [0.15, 0.2) is 0 Å². The van der Waals surface area contributed by atoms with Crippen LogP contribution in [0.1, 0.15) is 17.2 Å². The van der Waals surface area contributed by atoms with Gasteiger partial charge in [-0.25, -0.2) is 13.1 Å². The summed E-state index contributed by atoms with van der Waals surface area (Å²) < 4.78 is 28.5. The molecule has 1 aromatic heterocycles. The fraction of sp³-hybridized carbons (Fsp3) is 0.292. The molecule has 1 atom stereocenters. The van der Waals surface area contributed by atoms with Gasteiger partial charge in [0.25, 0.3) is 0 Å². The Kier molecular flexibility index (Phi) is 6.65. The normalized spacial score (nSPS) is 16.2. The number of para-hydroxylation sites is 1. The van der Waals surface area contributed by atoms with Crippen molar-refractivity contribution in [2.45, 2.75) is 17.9 Å². The maximum atomic E-state index is 12.8. The quantitative estimate of drug-likeness (QED) is 0.616. The number of aromatic nitrogens is 1. The summed E-state index contributed by atoms with van der Waals surface area (Å²) >= 11 is 0. The molecular formula is C24H28N4O2S. The fourth-order valence-corrected chi connectivity index (χ4v) is 4.99. The summed E-state index contributed by atoms with van der Waals surface area (Å²) in [6.07, 6.45) is 3.57. The van der Waals surface area contributed by atoms with Gasteiger partial charge in [-0.05, 0) is 42.8 Å². The lowest BCUT2D eigenvalue weighted by Crippen LogP contribution is -2.49. The van der Waals surface area contributed by atoms with E-state index in [2.05, 4.69) is 43.8 Å². The zero-order chi connectivity index (χ0) is 21.7. The molecule has 1 aliphatic rings. The van der Waals surface area contributed by atoms with E-state index in [1.165, 1.54) is 5.69 Å². The molecule has 4 rings (SSSR count). The largest absolute Gasteiger partial charge is 0.369 e. The number of anilines is 1. The second kappa shape index (κ2) is 9.60. The fourth-order valence-electron chi connectivity index (χ4n) is 3.95. The second-order valence-corrected chi connectivity index (χ2v) is 9.59. The third-order valence-corrected chi connectivity index (χ3v) is 7.18. The molecule has 31 heavy (non-hydrogen) atoms. The van der Waals surface area contributed by atoms with E-state index in [0.29, 0.717) is 6.54 Å². The Bertz CT molecular complexity index is 1070. The first kappa shape index (κ1) is 21.5. The van der Waals surface area contributed by atoms with Crippen molar-refractivity contribution < 1.29 is 8.42 Å². The van der Waals surface area contributed by atoms with Crippen molar-refractivity contribution in [3.8, 4) is 0 Å². The van der Waals surface area contributed by atoms with Crippen LogP contribution >= 0.6 is 0 Å². The Morgan fingerprint density at radius 1 is 0.935 bits per heavy atom. The molecule has 2 aromatic carbocycles. The summed E-state index contributed by atoms with van der Waals surface area (Å²) in [5.74, 6) is 0. The number of pyridine rings is 1. The molecule has 3 aromatic rings. The molecule has 162 valence electrons. The van der Waals surface area contributed by atoms with Gasteiger partial charge >= 0.3 is 0 Å². The summed E-state index contributed by atoms with van der Waals surface area (Å²) in [5, 5.41) is 0. The summed E-state index contributed by atoms with van der Waals surface area (Å²) in [5.41, 5.74) is 3.27. The van der Waals surface area contributed by atoms with Crippen LogP contribution in [0.4, 0.5) is 5.69 Å². The first-order valence-electron chi connectivity index (χ1n) is 10.5. The van der Waals surface area contributed by atoms with Crippen molar-refractivity contribution >= 4 is 15.7 Å². The first-order valence-corrected chi connectivity index (χ1v) is 12.0. The SMILES string of the molecule is Cc1ccc(S(=O)(=O)NC[C@H](c2cccnc2)N2CCN(c3ccccc3)CC2)cc1. The van der Waals surface area contributed by atoms with Gasteiger partial charge in [-0.2, -0.15) is 0 Å². The van der Waals surface area contributed by atoms with E-state index in [-0.39, 0.29) is 10.9 Å². The van der Waals surface area contributed by atoms with E-state index in [4.69, 9.17) is 0 Å². The standard InChI is InChI=1S/C24H28N4O2S/c1-20-9-11-23(12-10-20)31(29,30)26-19-24(21-6-5-13-25-18-21)28-16-14-27(15-17-28)22-7-3-2-4-8-22/h2-13,18,24,26H,14-17,19H2,1H3/t24-/m1/s1. The molecule has 1 N–H and O–H groups in total. The van der Waals surface area contributed by atoms with Gasteiger partial charge in [0.1, 0.15) is 0 Å². The van der Waals surface area contributed by atoms with Crippen LogP contribution in [0.3, 0.4) is 0 Å². The van der Waals surface area contributed by atoms with E-state index in [0.717, 1.165) is 37.3 Å². The molecule has 0 saturated carbocycles. The lowest BCUT2D eigenvalue weighted by atomic mass is 10.1. The van der Waals surface area contributed by atoms with Gasteiger partial charge in [-0.3, -0.25) is 9.88 Å². The number of hydrogen-bond donors (Lipinski definition) is 1. The topological polar surface area (TPSA) is 65.5 Å². The van der Waals surface area contributed by atoms with Crippen LogP contribution in [-0.2, 0) is 10.0 Å². The zero-order valence-corrected chi connectivity index (χ0v) is 18.5. The Labute approximate surface area is 184 Å². The molecule has 0 unspecified atom stereocenters. The zero-order valence-electron chi connectivity index (χ0n) is 17.7. The summed E-state index contributed by atoms with van der Waals surface area (Å²) in [6, 6.07) is 21.2. The van der Waals surface area contributed by atoms with Crippen molar-refractivity contribution in [1.29, 1.82) is 0 Å². The third kappa shape index (κ3) is 5.31. The van der Waals surface area contributed by atoms with E-state index in [1.54, 1.807) is 18.3 Å². The molecule has 0 amide bonds.